The highest BCUT2D eigenvalue weighted by atomic mass is 16.1. The van der Waals surface area contributed by atoms with Gasteiger partial charge >= 0.3 is 5.69 Å². The number of fused-ring (bicyclic) bond motifs is 1. The zero-order valence-corrected chi connectivity index (χ0v) is 10.5. The van der Waals surface area contributed by atoms with E-state index in [1.807, 2.05) is 55.5 Å². The average molecular weight is 251 g/mol. The standard InChI is InChI=1S/C15H13N3O/c1-10-7-8-12-13(9-10)18(15(19)17-14(12)16)11-5-3-2-4-6-11/h2-9H,1H3,(H2,16,17,19). The summed E-state index contributed by atoms with van der Waals surface area (Å²) in [5.41, 5.74) is 8.11. The number of hydrogen-bond acceptors (Lipinski definition) is 3. The van der Waals surface area contributed by atoms with Crippen molar-refractivity contribution in [2.24, 2.45) is 0 Å². The molecule has 0 unspecified atom stereocenters. The largest absolute Gasteiger partial charge is 0.383 e. The van der Waals surface area contributed by atoms with Crippen molar-refractivity contribution in [3.05, 3.63) is 64.6 Å². The number of anilines is 1. The molecule has 0 aliphatic heterocycles. The van der Waals surface area contributed by atoms with Gasteiger partial charge in [0, 0.05) is 5.39 Å². The first-order valence-corrected chi connectivity index (χ1v) is 6.01. The predicted molar refractivity (Wildman–Crippen MR) is 76.5 cm³/mol. The van der Waals surface area contributed by atoms with Crippen LogP contribution in [0.25, 0.3) is 16.6 Å². The molecule has 0 atom stereocenters. The van der Waals surface area contributed by atoms with Crippen LogP contribution in [0.5, 0.6) is 0 Å². The van der Waals surface area contributed by atoms with Crippen molar-refractivity contribution in [2.45, 2.75) is 6.92 Å². The minimum absolute atomic E-state index is 0.271. The lowest BCUT2D eigenvalue weighted by molar-refractivity contribution is 0.964. The third-order valence-electron chi connectivity index (χ3n) is 3.09. The highest BCUT2D eigenvalue weighted by Gasteiger charge is 2.09. The van der Waals surface area contributed by atoms with Crippen molar-refractivity contribution >= 4 is 16.7 Å². The zero-order valence-electron chi connectivity index (χ0n) is 10.5. The Morgan fingerprint density at radius 2 is 1.84 bits per heavy atom. The minimum atomic E-state index is -0.359. The number of nitrogens with zero attached hydrogens (tertiary/aromatic N) is 2. The SMILES string of the molecule is Cc1ccc2c(N)nc(=O)n(-c3ccccc3)c2c1. The molecule has 0 aliphatic rings. The fourth-order valence-corrected chi connectivity index (χ4v) is 2.19. The molecular weight excluding hydrogens is 238 g/mol. The van der Waals surface area contributed by atoms with Crippen molar-refractivity contribution in [1.29, 1.82) is 0 Å². The summed E-state index contributed by atoms with van der Waals surface area (Å²) in [6, 6.07) is 15.2. The molecule has 19 heavy (non-hydrogen) atoms. The number of rotatable bonds is 1. The number of nitrogens with two attached hydrogens (primary N) is 1. The lowest BCUT2D eigenvalue weighted by Gasteiger charge is -2.11. The van der Waals surface area contributed by atoms with Gasteiger partial charge in [0.05, 0.1) is 11.2 Å². The molecule has 0 amide bonds. The molecule has 0 saturated heterocycles. The highest BCUT2D eigenvalue weighted by Crippen LogP contribution is 2.21. The van der Waals surface area contributed by atoms with E-state index in [1.165, 1.54) is 0 Å². The van der Waals surface area contributed by atoms with Gasteiger partial charge in [0.1, 0.15) is 5.82 Å². The third-order valence-corrected chi connectivity index (χ3v) is 3.09. The summed E-state index contributed by atoms with van der Waals surface area (Å²) in [6.07, 6.45) is 0. The summed E-state index contributed by atoms with van der Waals surface area (Å²) in [5.74, 6) is 0.271. The van der Waals surface area contributed by atoms with E-state index < -0.39 is 0 Å². The van der Waals surface area contributed by atoms with E-state index >= 15 is 0 Å². The average Bonchev–Trinajstić information content (AvgIpc) is 2.39. The number of aryl methyl sites for hydroxylation is 1. The van der Waals surface area contributed by atoms with E-state index in [4.69, 9.17) is 5.73 Å². The van der Waals surface area contributed by atoms with Gasteiger partial charge in [0.2, 0.25) is 0 Å². The van der Waals surface area contributed by atoms with Crippen LogP contribution in [0.15, 0.2) is 53.3 Å². The van der Waals surface area contributed by atoms with Crippen molar-refractivity contribution in [2.75, 3.05) is 5.73 Å². The van der Waals surface area contributed by atoms with Gasteiger partial charge in [0.25, 0.3) is 0 Å². The summed E-state index contributed by atoms with van der Waals surface area (Å²) in [4.78, 5) is 16.0. The Kier molecular flexibility index (Phi) is 2.56. The first-order valence-electron chi connectivity index (χ1n) is 6.01. The first kappa shape index (κ1) is 11.5. The molecule has 2 aromatic carbocycles. The van der Waals surface area contributed by atoms with Crippen molar-refractivity contribution in [3.63, 3.8) is 0 Å². The summed E-state index contributed by atoms with van der Waals surface area (Å²) >= 11 is 0. The van der Waals surface area contributed by atoms with E-state index in [2.05, 4.69) is 4.98 Å². The molecule has 4 nitrogen and oxygen atoms in total. The molecule has 3 aromatic rings. The number of aromatic nitrogens is 2. The fourth-order valence-electron chi connectivity index (χ4n) is 2.19. The quantitative estimate of drug-likeness (QED) is 0.721. The number of hydrogen-bond donors (Lipinski definition) is 1. The van der Waals surface area contributed by atoms with Crippen LogP contribution in [0.3, 0.4) is 0 Å². The second-order valence-electron chi connectivity index (χ2n) is 4.47. The van der Waals surface area contributed by atoms with Crippen LogP contribution in [-0.4, -0.2) is 9.55 Å². The first-order chi connectivity index (χ1) is 9.16. The number of nitrogen functional groups attached to an aromatic ring is 1. The topological polar surface area (TPSA) is 60.9 Å². The van der Waals surface area contributed by atoms with E-state index in [0.717, 1.165) is 22.2 Å². The maximum Gasteiger partial charge on any atom is 0.354 e. The molecule has 3 rings (SSSR count). The molecule has 1 heterocycles. The molecule has 1 aromatic heterocycles. The Labute approximate surface area is 110 Å². The van der Waals surface area contributed by atoms with Crippen LogP contribution in [0.4, 0.5) is 5.82 Å². The number of para-hydroxylation sites is 1. The Hall–Kier alpha value is -2.62. The smallest absolute Gasteiger partial charge is 0.354 e. The van der Waals surface area contributed by atoms with E-state index in [0.29, 0.717) is 0 Å². The second kappa shape index (κ2) is 4.24. The Morgan fingerprint density at radius 1 is 1.11 bits per heavy atom. The van der Waals surface area contributed by atoms with Crippen LogP contribution in [-0.2, 0) is 0 Å². The summed E-state index contributed by atoms with van der Waals surface area (Å²) < 4.78 is 1.58. The van der Waals surface area contributed by atoms with Gasteiger partial charge < -0.3 is 5.73 Å². The van der Waals surface area contributed by atoms with E-state index in [-0.39, 0.29) is 11.5 Å². The molecule has 0 radical (unpaired) electrons. The van der Waals surface area contributed by atoms with Crippen LogP contribution >= 0.6 is 0 Å². The molecule has 0 spiro atoms. The lowest BCUT2D eigenvalue weighted by atomic mass is 10.1. The molecule has 0 aliphatic carbocycles. The minimum Gasteiger partial charge on any atom is -0.383 e. The summed E-state index contributed by atoms with van der Waals surface area (Å²) in [6.45, 7) is 1.98. The Balaban J connectivity index is 2.48. The van der Waals surface area contributed by atoms with E-state index in [1.54, 1.807) is 4.57 Å². The summed E-state index contributed by atoms with van der Waals surface area (Å²) in [5, 5.41) is 0.786. The van der Waals surface area contributed by atoms with Gasteiger partial charge in [-0.15, -0.1) is 0 Å². The van der Waals surface area contributed by atoms with Gasteiger partial charge in [-0.2, -0.15) is 4.98 Å². The van der Waals surface area contributed by atoms with Crippen molar-refractivity contribution in [3.8, 4) is 5.69 Å². The normalized spacial score (nSPS) is 10.8. The summed E-state index contributed by atoms with van der Waals surface area (Å²) in [7, 11) is 0. The van der Waals surface area contributed by atoms with Crippen LogP contribution in [0.1, 0.15) is 5.56 Å². The highest BCUT2D eigenvalue weighted by molar-refractivity contribution is 5.89. The lowest BCUT2D eigenvalue weighted by Crippen LogP contribution is -2.23. The van der Waals surface area contributed by atoms with Crippen LogP contribution < -0.4 is 11.4 Å². The second-order valence-corrected chi connectivity index (χ2v) is 4.47. The van der Waals surface area contributed by atoms with Gasteiger partial charge in [-0.05, 0) is 36.8 Å². The monoisotopic (exact) mass is 251 g/mol. The molecule has 2 N–H and O–H groups in total. The Morgan fingerprint density at radius 3 is 2.58 bits per heavy atom. The van der Waals surface area contributed by atoms with E-state index in [9.17, 15) is 4.79 Å². The molecule has 0 fully saturated rings. The Bertz CT molecular complexity index is 807. The van der Waals surface area contributed by atoms with Crippen molar-refractivity contribution in [1.82, 2.24) is 9.55 Å². The molecular formula is C15H13N3O. The predicted octanol–water partition coefficient (Wildman–Crippen LogP) is 2.28. The van der Waals surface area contributed by atoms with Crippen molar-refractivity contribution < 1.29 is 0 Å². The molecule has 0 saturated carbocycles. The van der Waals surface area contributed by atoms with Gasteiger partial charge in [-0.3, -0.25) is 4.57 Å². The van der Waals surface area contributed by atoms with Gasteiger partial charge in [0.15, 0.2) is 0 Å². The van der Waals surface area contributed by atoms with Gasteiger partial charge in [-0.25, -0.2) is 4.79 Å². The number of benzene rings is 2. The van der Waals surface area contributed by atoms with Crippen LogP contribution in [0, 0.1) is 6.92 Å². The molecule has 4 heteroatoms. The molecule has 94 valence electrons. The van der Waals surface area contributed by atoms with Crippen LogP contribution in [0.2, 0.25) is 0 Å². The molecule has 0 bridgehead atoms. The fraction of sp³-hybridized carbons (Fsp3) is 0.0667. The maximum absolute atomic E-state index is 12.1. The third kappa shape index (κ3) is 1.87. The van der Waals surface area contributed by atoms with Gasteiger partial charge in [-0.1, -0.05) is 24.3 Å². The zero-order chi connectivity index (χ0) is 13.4. The maximum atomic E-state index is 12.1.